The van der Waals surface area contributed by atoms with Gasteiger partial charge >= 0.3 is 0 Å². The van der Waals surface area contributed by atoms with E-state index in [1.54, 1.807) is 6.33 Å². The van der Waals surface area contributed by atoms with Gasteiger partial charge in [0.2, 0.25) is 0 Å². The summed E-state index contributed by atoms with van der Waals surface area (Å²) in [7, 11) is 1.95. The number of H-pyrrole nitrogens is 1. The molecular formula is C14H19N5. The Morgan fingerprint density at radius 2 is 1.74 bits per heavy atom. The van der Waals surface area contributed by atoms with E-state index in [2.05, 4.69) is 48.0 Å². The van der Waals surface area contributed by atoms with Gasteiger partial charge in [-0.3, -0.25) is 0 Å². The van der Waals surface area contributed by atoms with Gasteiger partial charge in [-0.2, -0.15) is 0 Å². The number of rotatable bonds is 2. The van der Waals surface area contributed by atoms with Gasteiger partial charge in [0.25, 0.3) is 0 Å². The predicted octanol–water partition coefficient (Wildman–Crippen LogP) is 3.09. The smallest absolute Gasteiger partial charge is 0.119 e. The Morgan fingerprint density at radius 1 is 1.05 bits per heavy atom. The second kappa shape index (κ2) is 4.05. The van der Waals surface area contributed by atoms with Crippen molar-refractivity contribution in [1.82, 2.24) is 25.0 Å². The zero-order valence-corrected chi connectivity index (χ0v) is 12.0. The summed E-state index contributed by atoms with van der Waals surface area (Å²) in [5.74, 6) is 0.759. The third-order valence-electron chi connectivity index (χ3n) is 3.66. The Hall–Kier alpha value is -1.91. The van der Waals surface area contributed by atoms with E-state index in [-0.39, 0.29) is 0 Å². The molecule has 0 aliphatic carbocycles. The Kier molecular flexibility index (Phi) is 2.59. The molecule has 100 valence electrons. The lowest BCUT2D eigenvalue weighted by atomic mass is 9.92. The molecule has 0 saturated carbocycles. The molecule has 0 fully saturated rings. The maximum Gasteiger partial charge on any atom is 0.119 e. The third kappa shape index (κ3) is 1.57. The molecule has 1 aromatic carbocycles. The van der Waals surface area contributed by atoms with Gasteiger partial charge in [-0.1, -0.05) is 32.9 Å². The van der Waals surface area contributed by atoms with Gasteiger partial charge < -0.3 is 4.98 Å². The van der Waals surface area contributed by atoms with Crippen molar-refractivity contribution >= 4 is 22.1 Å². The van der Waals surface area contributed by atoms with Crippen molar-refractivity contribution in [2.24, 2.45) is 7.05 Å². The van der Waals surface area contributed by atoms with E-state index in [9.17, 15) is 0 Å². The topological polar surface area (TPSA) is 59.4 Å². The Morgan fingerprint density at radius 3 is 2.37 bits per heavy atom. The molecule has 0 unspecified atom stereocenters. The van der Waals surface area contributed by atoms with Crippen LogP contribution in [0.5, 0.6) is 0 Å². The zero-order chi connectivity index (χ0) is 13.7. The fraction of sp³-hybridized carbons (Fsp3) is 0.500. The molecule has 3 rings (SSSR count). The number of hydrogen-bond donors (Lipinski definition) is 1. The van der Waals surface area contributed by atoms with Crippen LogP contribution >= 0.6 is 0 Å². The summed E-state index contributed by atoms with van der Waals surface area (Å²) in [4.78, 5) is 7.80. The van der Waals surface area contributed by atoms with E-state index in [1.165, 1.54) is 11.1 Å². The highest BCUT2D eigenvalue weighted by molar-refractivity contribution is 6.00. The van der Waals surface area contributed by atoms with E-state index in [0.717, 1.165) is 22.1 Å². The Bertz CT molecular complexity index is 748. The zero-order valence-electron chi connectivity index (χ0n) is 12.0. The molecule has 0 aliphatic rings. The average Bonchev–Trinajstić information content (AvgIpc) is 2.93. The van der Waals surface area contributed by atoms with Crippen LogP contribution in [0.4, 0.5) is 0 Å². The second-order valence-electron chi connectivity index (χ2n) is 5.67. The van der Waals surface area contributed by atoms with Crippen LogP contribution in [0.25, 0.3) is 22.1 Å². The molecule has 3 aromatic rings. The quantitative estimate of drug-likeness (QED) is 0.767. The molecule has 0 saturated heterocycles. The van der Waals surface area contributed by atoms with Crippen LogP contribution in [0, 0.1) is 0 Å². The summed E-state index contributed by atoms with van der Waals surface area (Å²) in [6.45, 7) is 8.73. The maximum atomic E-state index is 4.51. The Balaban J connectivity index is 2.61. The summed E-state index contributed by atoms with van der Waals surface area (Å²) < 4.78 is 1.87. The number of nitrogens with zero attached hydrogens (tertiary/aromatic N) is 4. The molecule has 0 amide bonds. The fourth-order valence-electron chi connectivity index (χ4n) is 2.88. The van der Waals surface area contributed by atoms with Crippen molar-refractivity contribution in [3.8, 4) is 0 Å². The van der Waals surface area contributed by atoms with Crippen molar-refractivity contribution in [2.45, 2.75) is 39.5 Å². The minimum atomic E-state index is 0.367. The van der Waals surface area contributed by atoms with Gasteiger partial charge in [-0.05, 0) is 11.8 Å². The number of benzene rings is 1. The monoisotopic (exact) mass is 257 g/mol. The second-order valence-corrected chi connectivity index (χ2v) is 5.67. The largest absolute Gasteiger partial charge is 0.344 e. The maximum absolute atomic E-state index is 4.51. The van der Waals surface area contributed by atoms with Crippen molar-refractivity contribution in [3.63, 3.8) is 0 Å². The highest BCUT2D eigenvalue weighted by Crippen LogP contribution is 2.36. The summed E-state index contributed by atoms with van der Waals surface area (Å²) in [5, 5.41) is 8.58. The van der Waals surface area contributed by atoms with Gasteiger partial charge in [-0.25, -0.2) is 9.67 Å². The molecule has 2 aromatic heterocycles. The molecule has 2 heterocycles. The number of aromatic nitrogens is 5. The summed E-state index contributed by atoms with van der Waals surface area (Å²) in [6, 6.07) is 0. The fourth-order valence-corrected chi connectivity index (χ4v) is 2.88. The highest BCUT2D eigenvalue weighted by atomic mass is 15.4. The highest BCUT2D eigenvalue weighted by Gasteiger charge is 2.23. The lowest BCUT2D eigenvalue weighted by Crippen LogP contribution is -2.01. The average molecular weight is 257 g/mol. The molecule has 0 atom stereocenters. The molecule has 5 nitrogen and oxygen atoms in total. The lowest BCUT2D eigenvalue weighted by molar-refractivity contribution is 0.729. The van der Waals surface area contributed by atoms with Crippen molar-refractivity contribution in [2.75, 3.05) is 0 Å². The van der Waals surface area contributed by atoms with Crippen LogP contribution in [0.2, 0.25) is 0 Å². The first-order valence-electron chi connectivity index (χ1n) is 6.70. The molecule has 0 bridgehead atoms. The van der Waals surface area contributed by atoms with E-state index in [1.807, 2.05) is 11.7 Å². The summed E-state index contributed by atoms with van der Waals surface area (Å²) in [6.07, 6.45) is 1.77. The summed E-state index contributed by atoms with van der Waals surface area (Å²) >= 11 is 0. The Labute approximate surface area is 112 Å². The van der Waals surface area contributed by atoms with Crippen LogP contribution in [0.3, 0.4) is 0 Å². The number of aromatic amines is 1. The first-order chi connectivity index (χ1) is 9.02. The van der Waals surface area contributed by atoms with Crippen LogP contribution in [0.15, 0.2) is 6.33 Å². The van der Waals surface area contributed by atoms with Crippen LogP contribution < -0.4 is 0 Å². The molecule has 0 spiro atoms. The summed E-state index contributed by atoms with van der Waals surface area (Å²) in [5.41, 5.74) is 6.70. The standard InChI is InChI=1S/C14H19N5/c1-7(2)9-11-12(16-6-15-11)10(8(3)4)14-13(9)17-18-19(14)5/h6-8H,1-5H3,(H,15,16). The van der Waals surface area contributed by atoms with E-state index < -0.39 is 0 Å². The number of aryl methyl sites for hydroxylation is 1. The molecule has 0 aliphatic heterocycles. The first kappa shape index (κ1) is 12.1. The van der Waals surface area contributed by atoms with Crippen LogP contribution in [0.1, 0.15) is 50.7 Å². The molecular weight excluding hydrogens is 238 g/mol. The lowest BCUT2D eigenvalue weighted by Gasteiger charge is -2.14. The number of nitrogens with one attached hydrogen (secondary N) is 1. The third-order valence-corrected chi connectivity index (χ3v) is 3.66. The molecule has 1 N–H and O–H groups in total. The predicted molar refractivity (Wildman–Crippen MR) is 76.3 cm³/mol. The molecule has 5 heteroatoms. The minimum Gasteiger partial charge on any atom is -0.344 e. The van der Waals surface area contributed by atoms with Crippen molar-refractivity contribution in [1.29, 1.82) is 0 Å². The molecule has 19 heavy (non-hydrogen) atoms. The van der Waals surface area contributed by atoms with E-state index >= 15 is 0 Å². The number of fused-ring (bicyclic) bond motifs is 2. The van der Waals surface area contributed by atoms with Gasteiger partial charge in [0.15, 0.2) is 0 Å². The number of hydrogen-bond acceptors (Lipinski definition) is 3. The van der Waals surface area contributed by atoms with Gasteiger partial charge in [0.05, 0.1) is 22.9 Å². The van der Waals surface area contributed by atoms with Gasteiger partial charge in [0, 0.05) is 18.2 Å². The van der Waals surface area contributed by atoms with E-state index in [4.69, 9.17) is 0 Å². The van der Waals surface area contributed by atoms with Crippen LogP contribution in [-0.2, 0) is 7.05 Å². The SMILES string of the molecule is CC(C)c1c2nc[nH]c2c(C(C)C)c2c1nnn2C. The minimum absolute atomic E-state index is 0.367. The molecule has 0 radical (unpaired) electrons. The van der Waals surface area contributed by atoms with Gasteiger partial charge in [0.1, 0.15) is 5.52 Å². The van der Waals surface area contributed by atoms with Crippen molar-refractivity contribution in [3.05, 3.63) is 17.5 Å². The van der Waals surface area contributed by atoms with Crippen LogP contribution in [-0.4, -0.2) is 25.0 Å². The number of imidazole rings is 1. The van der Waals surface area contributed by atoms with Crippen molar-refractivity contribution < 1.29 is 0 Å². The normalized spacial score (nSPS) is 12.4. The van der Waals surface area contributed by atoms with Gasteiger partial charge in [-0.15, -0.1) is 5.10 Å². The van der Waals surface area contributed by atoms with E-state index in [0.29, 0.717) is 11.8 Å². The first-order valence-corrected chi connectivity index (χ1v) is 6.70.